The first-order chi connectivity index (χ1) is 15.9. The van der Waals surface area contributed by atoms with Crippen molar-refractivity contribution in [1.82, 2.24) is 0 Å². The van der Waals surface area contributed by atoms with E-state index in [-0.39, 0.29) is 0 Å². The molecule has 0 fully saturated rings. The van der Waals surface area contributed by atoms with E-state index in [1.807, 2.05) is 53.9 Å². The van der Waals surface area contributed by atoms with Crippen LogP contribution in [0.1, 0.15) is 102 Å². The summed E-state index contributed by atoms with van der Waals surface area (Å²) in [6.45, 7) is 25.3. The maximum Gasteiger partial charge on any atom is 0.0898 e. The van der Waals surface area contributed by atoms with E-state index in [2.05, 4.69) is 71.9 Å². The van der Waals surface area contributed by atoms with Crippen molar-refractivity contribution in [2.45, 2.75) is 102 Å². The number of hydrogen-bond donors (Lipinski definition) is 0. The summed E-state index contributed by atoms with van der Waals surface area (Å²) < 4.78 is 9.89. The molecule has 2 nitrogen and oxygen atoms in total. The highest BCUT2D eigenvalue weighted by Gasteiger charge is 2.07. The van der Waals surface area contributed by atoms with Crippen molar-refractivity contribution in [3.05, 3.63) is 72.7 Å². The van der Waals surface area contributed by atoms with Gasteiger partial charge < -0.3 is 9.47 Å². The molecule has 3 aliphatic rings. The van der Waals surface area contributed by atoms with Gasteiger partial charge in [-0.2, -0.15) is 0 Å². The molecule has 0 radical (unpaired) electrons. The highest BCUT2D eigenvalue weighted by molar-refractivity contribution is 5.16. The minimum atomic E-state index is 0.568. The van der Waals surface area contributed by atoms with Gasteiger partial charge in [0, 0.05) is 5.92 Å². The Labute approximate surface area is 208 Å². The monoisotopic (exact) mass is 460 g/mol. The van der Waals surface area contributed by atoms with Crippen LogP contribution in [0.4, 0.5) is 0 Å². The van der Waals surface area contributed by atoms with Crippen LogP contribution in [0.2, 0.25) is 0 Å². The highest BCUT2D eigenvalue weighted by Crippen LogP contribution is 2.19. The summed E-state index contributed by atoms with van der Waals surface area (Å²) in [5.74, 6) is 2.62. The fourth-order valence-electron chi connectivity index (χ4n) is 2.70. The van der Waals surface area contributed by atoms with Crippen LogP contribution in [0, 0.1) is 23.7 Å². The zero-order chi connectivity index (χ0) is 26.1. The summed E-state index contributed by atoms with van der Waals surface area (Å²) in [6, 6.07) is 0. The maximum atomic E-state index is 5.00. The molecule has 2 heteroatoms. The predicted octanol–water partition coefficient (Wildman–Crippen LogP) is 10.8. The molecule has 1 aliphatic carbocycles. The Morgan fingerprint density at radius 2 is 1.15 bits per heavy atom. The second-order valence-corrected chi connectivity index (χ2v) is 8.02. The molecule has 0 unspecified atom stereocenters. The Balaban J connectivity index is -0.000000367. The van der Waals surface area contributed by atoms with E-state index < -0.39 is 0 Å². The van der Waals surface area contributed by atoms with Crippen LogP contribution in [0.15, 0.2) is 72.7 Å². The molecule has 192 valence electrons. The highest BCUT2D eigenvalue weighted by atomic mass is 16.5. The minimum Gasteiger partial charge on any atom is -0.473 e. The lowest BCUT2D eigenvalue weighted by molar-refractivity contribution is 0.370. The van der Waals surface area contributed by atoms with Gasteiger partial charge in [0.2, 0.25) is 0 Å². The topological polar surface area (TPSA) is 18.5 Å². The van der Waals surface area contributed by atoms with Gasteiger partial charge in [-0.1, -0.05) is 107 Å². The Kier molecular flexibility index (Phi) is 28.4. The lowest BCUT2D eigenvalue weighted by atomic mass is 9.96. The SMILES string of the molecule is CC.CC.CC.CC(C)C1=CCC=CC1.CC(C)C1=COC=CC1.CC(C)C1C=COC=C1. The third kappa shape index (κ3) is 20.4. The van der Waals surface area contributed by atoms with Gasteiger partial charge in [0.05, 0.1) is 25.0 Å². The predicted molar refractivity (Wildman–Crippen MR) is 151 cm³/mol. The molecule has 0 N–H and O–H groups in total. The molecular weight excluding hydrogens is 404 g/mol. The first-order valence-corrected chi connectivity index (χ1v) is 13.2. The van der Waals surface area contributed by atoms with E-state index in [0.29, 0.717) is 17.8 Å². The first-order valence-electron chi connectivity index (χ1n) is 13.2. The maximum absolute atomic E-state index is 5.00. The van der Waals surface area contributed by atoms with Gasteiger partial charge in [-0.05, 0) is 60.8 Å². The summed E-state index contributed by atoms with van der Waals surface area (Å²) in [7, 11) is 0. The van der Waals surface area contributed by atoms with E-state index in [1.165, 1.54) is 12.0 Å². The van der Waals surface area contributed by atoms with Crippen LogP contribution in [0.5, 0.6) is 0 Å². The van der Waals surface area contributed by atoms with Crippen molar-refractivity contribution < 1.29 is 9.47 Å². The first kappa shape index (κ1) is 35.6. The Morgan fingerprint density at radius 1 is 0.636 bits per heavy atom. The van der Waals surface area contributed by atoms with Gasteiger partial charge in [-0.25, -0.2) is 0 Å². The van der Waals surface area contributed by atoms with Crippen molar-refractivity contribution in [3.63, 3.8) is 0 Å². The van der Waals surface area contributed by atoms with Crippen molar-refractivity contribution in [2.24, 2.45) is 23.7 Å². The summed E-state index contributed by atoms with van der Waals surface area (Å²) in [5.41, 5.74) is 2.97. The molecule has 0 bridgehead atoms. The third-order valence-electron chi connectivity index (χ3n) is 4.80. The quantitative estimate of drug-likeness (QED) is 0.390. The van der Waals surface area contributed by atoms with Gasteiger partial charge in [0.15, 0.2) is 0 Å². The molecule has 2 aliphatic heterocycles. The largest absolute Gasteiger partial charge is 0.473 e. The molecule has 0 aromatic carbocycles. The number of hydrogen-bond acceptors (Lipinski definition) is 2. The fraction of sp³-hybridized carbons (Fsp3) is 0.613. The second kappa shape index (κ2) is 26.3. The van der Waals surface area contributed by atoms with E-state index in [4.69, 9.17) is 9.47 Å². The Hall–Kier alpha value is -1.96. The zero-order valence-corrected chi connectivity index (χ0v) is 24.0. The molecule has 3 rings (SSSR count). The van der Waals surface area contributed by atoms with E-state index in [9.17, 15) is 0 Å². The average Bonchev–Trinajstić information content (AvgIpc) is 2.90. The Morgan fingerprint density at radius 3 is 1.42 bits per heavy atom. The summed E-state index contributed by atoms with van der Waals surface area (Å²) in [5, 5.41) is 0. The third-order valence-corrected chi connectivity index (χ3v) is 4.80. The molecule has 0 saturated carbocycles. The molecular formula is C31H56O2. The number of rotatable bonds is 3. The van der Waals surface area contributed by atoms with E-state index in [1.54, 1.807) is 24.4 Å². The molecule has 0 aromatic heterocycles. The van der Waals surface area contributed by atoms with E-state index >= 15 is 0 Å². The smallest absolute Gasteiger partial charge is 0.0898 e. The molecule has 0 amide bonds. The van der Waals surface area contributed by atoms with Gasteiger partial charge in [0.25, 0.3) is 0 Å². The fourth-order valence-corrected chi connectivity index (χ4v) is 2.70. The van der Waals surface area contributed by atoms with Crippen LogP contribution >= 0.6 is 0 Å². The van der Waals surface area contributed by atoms with Crippen molar-refractivity contribution in [3.8, 4) is 0 Å². The zero-order valence-electron chi connectivity index (χ0n) is 24.0. The van der Waals surface area contributed by atoms with Gasteiger partial charge in [0.1, 0.15) is 0 Å². The van der Waals surface area contributed by atoms with Crippen LogP contribution in [0.25, 0.3) is 0 Å². The van der Waals surface area contributed by atoms with Crippen LogP contribution in [-0.4, -0.2) is 0 Å². The lowest BCUT2D eigenvalue weighted by Crippen LogP contribution is -2.03. The average molecular weight is 461 g/mol. The molecule has 0 saturated heterocycles. The number of ether oxygens (including phenoxy) is 2. The lowest BCUT2D eigenvalue weighted by Gasteiger charge is -2.13. The Bertz CT molecular complexity index is 536. The van der Waals surface area contributed by atoms with Gasteiger partial charge in [-0.15, -0.1) is 0 Å². The number of allylic oxidation sites excluding steroid dienone is 8. The molecule has 0 aromatic rings. The van der Waals surface area contributed by atoms with Gasteiger partial charge >= 0.3 is 0 Å². The molecule has 0 spiro atoms. The summed E-state index contributed by atoms with van der Waals surface area (Å²) in [6.07, 6.45) is 23.4. The van der Waals surface area contributed by atoms with Gasteiger partial charge in [-0.3, -0.25) is 0 Å². The normalized spacial score (nSPS) is 15.4. The molecule has 0 atom stereocenters. The summed E-state index contributed by atoms with van der Waals surface area (Å²) >= 11 is 0. The second-order valence-electron chi connectivity index (χ2n) is 8.02. The molecule has 33 heavy (non-hydrogen) atoms. The van der Waals surface area contributed by atoms with Crippen LogP contribution in [-0.2, 0) is 9.47 Å². The standard InChI is InChI=1S/C9H14.2C8H12O.3C2H6/c1-8(2)9-6-4-3-5-7-9;1-7(2)8-3-5-9-6-4-8;1-7(2)8-4-3-5-9-6-8;3*1-2/h3-4,7-8H,5-6H2,1-2H3;3-8H,1-2H3;3,5-7H,4H2,1-2H3;3*1-2H3. The van der Waals surface area contributed by atoms with Crippen molar-refractivity contribution >= 4 is 0 Å². The van der Waals surface area contributed by atoms with Crippen molar-refractivity contribution in [1.29, 1.82) is 0 Å². The van der Waals surface area contributed by atoms with Crippen molar-refractivity contribution in [2.75, 3.05) is 0 Å². The summed E-state index contributed by atoms with van der Waals surface area (Å²) in [4.78, 5) is 0. The minimum absolute atomic E-state index is 0.568. The van der Waals surface area contributed by atoms with Crippen LogP contribution < -0.4 is 0 Å². The molecule has 2 heterocycles. The van der Waals surface area contributed by atoms with Crippen LogP contribution in [0.3, 0.4) is 0 Å². The van der Waals surface area contributed by atoms with E-state index in [0.717, 1.165) is 18.8 Å².